The highest BCUT2D eigenvalue weighted by molar-refractivity contribution is 6.08. The van der Waals surface area contributed by atoms with Gasteiger partial charge in [0.05, 0.1) is 17.9 Å². The molecule has 0 aliphatic rings. The molecule has 1 aromatic heterocycles. The minimum atomic E-state index is -0.322. The summed E-state index contributed by atoms with van der Waals surface area (Å²) in [4.78, 5) is 32.9. The molecule has 7 heteroatoms. The van der Waals surface area contributed by atoms with E-state index in [9.17, 15) is 14.0 Å². The summed E-state index contributed by atoms with van der Waals surface area (Å²) >= 11 is 0. The highest BCUT2D eigenvalue weighted by Crippen LogP contribution is 2.18. The summed E-state index contributed by atoms with van der Waals surface area (Å²) in [6.07, 6.45) is 1.40. The topological polar surface area (TPSA) is 81.2 Å². The normalized spacial score (nSPS) is 10.5. The zero-order valence-electron chi connectivity index (χ0n) is 17.6. The summed E-state index contributed by atoms with van der Waals surface area (Å²) in [5.41, 5.74) is 3.15. The Labute approximate surface area is 190 Å². The molecule has 164 valence electrons. The van der Waals surface area contributed by atoms with E-state index < -0.39 is 0 Å². The largest absolute Gasteiger partial charge is 0.484 e. The van der Waals surface area contributed by atoms with Gasteiger partial charge >= 0.3 is 0 Å². The maximum absolute atomic E-state index is 13.1. The van der Waals surface area contributed by atoms with E-state index >= 15 is 0 Å². The molecule has 4 rings (SSSR count). The van der Waals surface area contributed by atoms with Crippen LogP contribution in [0.4, 0.5) is 4.39 Å². The zero-order valence-corrected chi connectivity index (χ0v) is 17.6. The van der Waals surface area contributed by atoms with E-state index in [4.69, 9.17) is 4.74 Å². The van der Waals surface area contributed by atoms with Crippen molar-refractivity contribution in [2.75, 3.05) is 6.61 Å². The van der Waals surface area contributed by atoms with Crippen LogP contribution in [0.15, 0.2) is 91.3 Å². The molecule has 33 heavy (non-hydrogen) atoms. The van der Waals surface area contributed by atoms with Gasteiger partial charge in [-0.2, -0.15) is 0 Å². The minimum absolute atomic E-state index is 0.0789. The third-order valence-electron chi connectivity index (χ3n) is 4.85. The summed E-state index contributed by atoms with van der Waals surface area (Å²) in [6.45, 7) is 0.0192. The molecule has 1 N–H and O–H groups in total. The third kappa shape index (κ3) is 5.86. The number of benzene rings is 3. The van der Waals surface area contributed by atoms with Crippen LogP contribution in [0.1, 0.15) is 21.6 Å². The number of hydrogen-bond donors (Lipinski definition) is 1. The summed E-state index contributed by atoms with van der Waals surface area (Å²) < 4.78 is 18.6. The first-order chi connectivity index (χ1) is 16.1. The molecule has 0 saturated heterocycles. The number of ketones is 1. The number of carbonyl (C=O) groups excluding carboxylic acids is 2. The third-order valence-corrected chi connectivity index (χ3v) is 4.85. The predicted molar refractivity (Wildman–Crippen MR) is 121 cm³/mol. The summed E-state index contributed by atoms with van der Waals surface area (Å²) in [5, 5.41) is 2.74. The number of nitrogens with zero attached hydrogens (tertiary/aromatic N) is 2. The molecule has 0 saturated carbocycles. The quantitative estimate of drug-likeness (QED) is 0.414. The van der Waals surface area contributed by atoms with Crippen LogP contribution in [0.2, 0.25) is 0 Å². The molecule has 1 heterocycles. The smallest absolute Gasteiger partial charge is 0.258 e. The second-order valence-electron chi connectivity index (χ2n) is 7.19. The fourth-order valence-corrected chi connectivity index (χ4v) is 3.12. The maximum atomic E-state index is 13.1. The van der Waals surface area contributed by atoms with Gasteiger partial charge in [0.2, 0.25) is 0 Å². The van der Waals surface area contributed by atoms with E-state index in [1.54, 1.807) is 54.6 Å². The van der Waals surface area contributed by atoms with Gasteiger partial charge in [-0.3, -0.25) is 9.59 Å². The van der Waals surface area contributed by atoms with Gasteiger partial charge in [-0.25, -0.2) is 14.4 Å². The molecule has 0 bridgehead atoms. The first-order valence-electron chi connectivity index (χ1n) is 10.2. The number of hydrogen-bond acceptors (Lipinski definition) is 5. The fraction of sp³-hybridized carbons (Fsp3) is 0.0769. The lowest BCUT2D eigenvalue weighted by Gasteiger charge is -2.09. The van der Waals surface area contributed by atoms with E-state index in [1.165, 1.54) is 18.5 Å². The van der Waals surface area contributed by atoms with Crippen molar-refractivity contribution in [3.63, 3.8) is 0 Å². The van der Waals surface area contributed by atoms with E-state index in [2.05, 4.69) is 15.3 Å². The molecule has 6 nitrogen and oxygen atoms in total. The Kier molecular flexibility index (Phi) is 6.80. The van der Waals surface area contributed by atoms with Gasteiger partial charge in [0.25, 0.3) is 5.91 Å². The maximum Gasteiger partial charge on any atom is 0.258 e. The number of amides is 1. The minimum Gasteiger partial charge on any atom is -0.484 e. The van der Waals surface area contributed by atoms with Gasteiger partial charge in [-0.1, -0.05) is 30.3 Å². The average molecular weight is 441 g/mol. The Morgan fingerprint density at radius 2 is 1.55 bits per heavy atom. The molecular formula is C26H20FN3O3. The molecule has 4 aromatic rings. The van der Waals surface area contributed by atoms with Crippen LogP contribution >= 0.6 is 0 Å². The zero-order chi connectivity index (χ0) is 23.0. The second-order valence-corrected chi connectivity index (χ2v) is 7.19. The standard InChI is InChI=1S/C26H20FN3O3/c27-21-10-6-18(7-11-21)24-14-22(29-17-30-24)15-28-25(31)16-33-23-12-8-20(9-13-23)26(32)19-4-2-1-3-5-19/h1-14,17H,15-16H2,(H,28,31). The first-order valence-corrected chi connectivity index (χ1v) is 10.2. The van der Waals surface area contributed by atoms with Gasteiger partial charge < -0.3 is 10.1 Å². The van der Waals surface area contributed by atoms with Crippen molar-refractivity contribution >= 4 is 11.7 Å². The number of halogens is 1. The van der Waals surface area contributed by atoms with Crippen LogP contribution < -0.4 is 10.1 Å². The number of carbonyl (C=O) groups is 2. The lowest BCUT2D eigenvalue weighted by Crippen LogP contribution is -2.28. The van der Waals surface area contributed by atoms with Crippen molar-refractivity contribution in [2.24, 2.45) is 0 Å². The van der Waals surface area contributed by atoms with Crippen molar-refractivity contribution in [3.8, 4) is 17.0 Å². The van der Waals surface area contributed by atoms with Crippen molar-refractivity contribution < 1.29 is 18.7 Å². The summed E-state index contributed by atoms with van der Waals surface area (Å²) in [7, 11) is 0. The van der Waals surface area contributed by atoms with E-state index in [1.807, 2.05) is 18.2 Å². The Bertz CT molecular complexity index is 1240. The van der Waals surface area contributed by atoms with Gasteiger partial charge in [0.15, 0.2) is 12.4 Å². The monoisotopic (exact) mass is 441 g/mol. The fourth-order valence-electron chi connectivity index (χ4n) is 3.12. The van der Waals surface area contributed by atoms with Gasteiger partial charge in [0.1, 0.15) is 17.9 Å². The van der Waals surface area contributed by atoms with Crippen LogP contribution in [0, 0.1) is 5.82 Å². The van der Waals surface area contributed by atoms with Crippen LogP contribution in [0.5, 0.6) is 5.75 Å². The molecule has 1 amide bonds. The molecule has 0 radical (unpaired) electrons. The lowest BCUT2D eigenvalue weighted by atomic mass is 10.0. The highest BCUT2D eigenvalue weighted by Gasteiger charge is 2.09. The van der Waals surface area contributed by atoms with Crippen molar-refractivity contribution in [3.05, 3.63) is 114 Å². The SMILES string of the molecule is O=C(COc1ccc(C(=O)c2ccccc2)cc1)NCc1cc(-c2ccc(F)cc2)ncn1. The van der Waals surface area contributed by atoms with Gasteiger partial charge in [-0.05, 0) is 54.6 Å². The average Bonchev–Trinajstić information content (AvgIpc) is 2.87. The molecule has 0 aliphatic carbocycles. The second kappa shape index (κ2) is 10.3. The van der Waals surface area contributed by atoms with Gasteiger partial charge in [0, 0.05) is 16.7 Å². The Hall–Kier alpha value is -4.39. The molecule has 0 aliphatic heterocycles. The number of ether oxygens (including phenoxy) is 1. The van der Waals surface area contributed by atoms with Crippen molar-refractivity contribution in [2.45, 2.75) is 6.54 Å². The van der Waals surface area contributed by atoms with Crippen molar-refractivity contribution in [1.82, 2.24) is 15.3 Å². The molecule has 3 aromatic carbocycles. The number of nitrogens with one attached hydrogen (secondary N) is 1. The van der Waals surface area contributed by atoms with Crippen LogP contribution in [0.3, 0.4) is 0 Å². The summed E-state index contributed by atoms with van der Waals surface area (Å²) in [6, 6.07) is 23.4. The molecule has 0 atom stereocenters. The van der Waals surface area contributed by atoms with Crippen LogP contribution in [-0.2, 0) is 11.3 Å². The lowest BCUT2D eigenvalue weighted by molar-refractivity contribution is -0.123. The van der Waals surface area contributed by atoms with E-state index in [0.29, 0.717) is 28.3 Å². The molecule has 0 unspecified atom stereocenters. The first kappa shape index (κ1) is 21.8. The Balaban J connectivity index is 1.28. The van der Waals surface area contributed by atoms with Crippen molar-refractivity contribution in [1.29, 1.82) is 0 Å². The van der Waals surface area contributed by atoms with E-state index in [-0.39, 0.29) is 30.7 Å². The predicted octanol–water partition coefficient (Wildman–Crippen LogP) is 4.21. The Morgan fingerprint density at radius 3 is 2.27 bits per heavy atom. The molecular weight excluding hydrogens is 421 g/mol. The highest BCUT2D eigenvalue weighted by atomic mass is 19.1. The van der Waals surface area contributed by atoms with E-state index in [0.717, 1.165) is 5.56 Å². The molecule has 0 fully saturated rings. The van der Waals surface area contributed by atoms with Gasteiger partial charge in [-0.15, -0.1) is 0 Å². The number of aromatic nitrogens is 2. The molecule has 0 spiro atoms. The van der Waals surface area contributed by atoms with Crippen LogP contribution in [-0.4, -0.2) is 28.3 Å². The van der Waals surface area contributed by atoms with Crippen LogP contribution in [0.25, 0.3) is 11.3 Å². The Morgan fingerprint density at radius 1 is 0.848 bits per heavy atom. The number of rotatable bonds is 8. The summed E-state index contributed by atoms with van der Waals surface area (Å²) in [5.74, 6) is -0.237.